The molecule has 0 aliphatic heterocycles. The van der Waals surface area contributed by atoms with Crippen LogP contribution >= 0.6 is 0 Å². The van der Waals surface area contributed by atoms with Gasteiger partial charge in [0.2, 0.25) is 0 Å². The quantitative estimate of drug-likeness (QED) is 0.744. The first kappa shape index (κ1) is 11.3. The molecule has 0 unspecified atom stereocenters. The Labute approximate surface area is 99.0 Å². The Morgan fingerprint density at radius 3 is 2.88 bits per heavy atom. The minimum atomic E-state index is -0.296. The number of likely N-dealkylation sites (N-methyl/N-ethyl adjacent to an activating group) is 1. The highest BCUT2D eigenvalue weighted by atomic mass is 16.5. The lowest BCUT2D eigenvalue weighted by Gasteiger charge is -2.17. The summed E-state index contributed by atoms with van der Waals surface area (Å²) in [6.07, 6.45) is 1.49. The highest BCUT2D eigenvalue weighted by molar-refractivity contribution is 5.90. The van der Waals surface area contributed by atoms with Gasteiger partial charge in [-0.1, -0.05) is 12.1 Å². The van der Waals surface area contributed by atoms with E-state index in [0.29, 0.717) is 0 Å². The number of esters is 1. The smallest absolute Gasteiger partial charge is 0.325 e. The van der Waals surface area contributed by atoms with Gasteiger partial charge in [-0.25, -0.2) is 9.97 Å². The van der Waals surface area contributed by atoms with E-state index in [2.05, 4.69) is 14.7 Å². The van der Waals surface area contributed by atoms with Crippen LogP contribution in [0.15, 0.2) is 30.6 Å². The van der Waals surface area contributed by atoms with Gasteiger partial charge in [0.15, 0.2) is 0 Å². The Bertz CT molecular complexity index is 537. The third-order valence-electron chi connectivity index (χ3n) is 2.48. The van der Waals surface area contributed by atoms with Crippen molar-refractivity contribution < 1.29 is 9.53 Å². The SMILES string of the molecule is COC(=O)CN(C)c1ncnc2ccccc12. The molecule has 2 aromatic rings. The van der Waals surface area contributed by atoms with Crippen molar-refractivity contribution in [3.63, 3.8) is 0 Å². The lowest BCUT2D eigenvalue weighted by atomic mass is 10.2. The largest absolute Gasteiger partial charge is 0.468 e. The molecule has 88 valence electrons. The highest BCUT2D eigenvalue weighted by Crippen LogP contribution is 2.21. The highest BCUT2D eigenvalue weighted by Gasteiger charge is 2.11. The summed E-state index contributed by atoms with van der Waals surface area (Å²) in [5, 5.41) is 0.918. The van der Waals surface area contributed by atoms with Gasteiger partial charge in [0.25, 0.3) is 0 Å². The van der Waals surface area contributed by atoms with Gasteiger partial charge in [0.05, 0.1) is 12.6 Å². The van der Waals surface area contributed by atoms with E-state index in [4.69, 9.17) is 0 Å². The van der Waals surface area contributed by atoms with E-state index in [-0.39, 0.29) is 12.5 Å². The molecule has 0 fully saturated rings. The molecule has 0 atom stereocenters. The number of rotatable bonds is 3. The molecule has 0 saturated carbocycles. The van der Waals surface area contributed by atoms with Gasteiger partial charge >= 0.3 is 5.97 Å². The molecular formula is C12H13N3O2. The predicted molar refractivity (Wildman–Crippen MR) is 64.8 cm³/mol. The molecule has 1 aromatic heterocycles. The summed E-state index contributed by atoms with van der Waals surface area (Å²) in [6, 6.07) is 7.67. The number of methoxy groups -OCH3 is 1. The average Bonchev–Trinajstić information content (AvgIpc) is 2.37. The zero-order valence-corrected chi connectivity index (χ0v) is 9.75. The average molecular weight is 231 g/mol. The van der Waals surface area contributed by atoms with Crippen LogP contribution in [0.2, 0.25) is 0 Å². The van der Waals surface area contributed by atoms with Crippen LogP contribution in [0.4, 0.5) is 5.82 Å². The van der Waals surface area contributed by atoms with E-state index in [1.165, 1.54) is 13.4 Å². The first-order valence-electron chi connectivity index (χ1n) is 5.20. The van der Waals surface area contributed by atoms with E-state index >= 15 is 0 Å². The summed E-state index contributed by atoms with van der Waals surface area (Å²) in [4.78, 5) is 21.3. The van der Waals surface area contributed by atoms with Crippen LogP contribution in [0.1, 0.15) is 0 Å². The van der Waals surface area contributed by atoms with Crippen molar-refractivity contribution in [3.8, 4) is 0 Å². The van der Waals surface area contributed by atoms with Crippen molar-refractivity contribution >= 4 is 22.7 Å². The Balaban J connectivity index is 2.38. The van der Waals surface area contributed by atoms with Gasteiger partial charge < -0.3 is 9.64 Å². The number of hydrogen-bond donors (Lipinski definition) is 0. The lowest BCUT2D eigenvalue weighted by molar-refractivity contribution is -0.138. The van der Waals surface area contributed by atoms with Crippen LogP contribution in [-0.4, -0.2) is 36.6 Å². The fourth-order valence-corrected chi connectivity index (χ4v) is 1.63. The van der Waals surface area contributed by atoms with Crippen LogP contribution in [0.25, 0.3) is 10.9 Å². The number of carbonyl (C=O) groups excluding carboxylic acids is 1. The first-order valence-corrected chi connectivity index (χ1v) is 5.20. The minimum absolute atomic E-state index is 0.164. The monoisotopic (exact) mass is 231 g/mol. The van der Waals surface area contributed by atoms with Gasteiger partial charge in [-0.15, -0.1) is 0 Å². The second kappa shape index (κ2) is 4.78. The number of ether oxygens (including phenoxy) is 1. The van der Waals surface area contributed by atoms with Crippen LogP contribution in [-0.2, 0) is 9.53 Å². The normalized spacial score (nSPS) is 10.2. The topological polar surface area (TPSA) is 55.3 Å². The molecule has 0 aliphatic rings. The zero-order valence-electron chi connectivity index (χ0n) is 9.75. The Morgan fingerprint density at radius 2 is 2.12 bits per heavy atom. The molecule has 0 N–H and O–H groups in total. The number of anilines is 1. The zero-order chi connectivity index (χ0) is 12.3. The van der Waals surface area contributed by atoms with E-state index in [1.807, 2.05) is 24.3 Å². The molecule has 0 saturated heterocycles. The van der Waals surface area contributed by atoms with Gasteiger partial charge in [0, 0.05) is 12.4 Å². The minimum Gasteiger partial charge on any atom is -0.468 e. The van der Waals surface area contributed by atoms with Crippen molar-refractivity contribution in [1.82, 2.24) is 9.97 Å². The van der Waals surface area contributed by atoms with Crippen LogP contribution < -0.4 is 4.90 Å². The Kier molecular flexibility index (Phi) is 3.18. The number of hydrogen-bond acceptors (Lipinski definition) is 5. The maximum atomic E-state index is 11.2. The molecule has 0 bridgehead atoms. The molecule has 5 heteroatoms. The number of benzene rings is 1. The summed E-state index contributed by atoms with van der Waals surface area (Å²) in [5.41, 5.74) is 0.856. The van der Waals surface area contributed by atoms with Crippen molar-refractivity contribution in [3.05, 3.63) is 30.6 Å². The number of fused-ring (bicyclic) bond motifs is 1. The van der Waals surface area contributed by atoms with Gasteiger partial charge in [-0.2, -0.15) is 0 Å². The molecule has 0 amide bonds. The summed E-state index contributed by atoms with van der Waals surface area (Å²) in [5.74, 6) is 0.427. The van der Waals surface area contributed by atoms with E-state index in [1.54, 1.807) is 11.9 Å². The number of para-hydroxylation sites is 1. The van der Waals surface area contributed by atoms with Gasteiger partial charge in [-0.3, -0.25) is 4.79 Å². The summed E-state index contributed by atoms with van der Waals surface area (Å²) < 4.78 is 4.63. The number of nitrogens with zero attached hydrogens (tertiary/aromatic N) is 3. The molecule has 0 spiro atoms. The van der Waals surface area contributed by atoms with Crippen LogP contribution in [0.3, 0.4) is 0 Å². The van der Waals surface area contributed by atoms with Crippen LogP contribution in [0, 0.1) is 0 Å². The van der Waals surface area contributed by atoms with Crippen molar-refractivity contribution in [2.24, 2.45) is 0 Å². The maximum absolute atomic E-state index is 11.2. The van der Waals surface area contributed by atoms with Crippen LogP contribution in [0.5, 0.6) is 0 Å². The fraction of sp³-hybridized carbons (Fsp3) is 0.250. The molecule has 17 heavy (non-hydrogen) atoms. The second-order valence-electron chi connectivity index (χ2n) is 3.65. The summed E-state index contributed by atoms with van der Waals surface area (Å²) in [6.45, 7) is 0.164. The van der Waals surface area contributed by atoms with E-state index in [9.17, 15) is 4.79 Å². The van der Waals surface area contributed by atoms with Crippen molar-refractivity contribution in [2.45, 2.75) is 0 Å². The number of carbonyl (C=O) groups is 1. The lowest BCUT2D eigenvalue weighted by Crippen LogP contribution is -2.27. The Hall–Kier alpha value is -2.17. The molecular weight excluding hydrogens is 218 g/mol. The summed E-state index contributed by atoms with van der Waals surface area (Å²) >= 11 is 0. The molecule has 2 rings (SSSR count). The number of aromatic nitrogens is 2. The molecule has 1 aromatic carbocycles. The maximum Gasteiger partial charge on any atom is 0.325 e. The summed E-state index contributed by atoms with van der Waals surface area (Å²) in [7, 11) is 3.17. The predicted octanol–water partition coefficient (Wildman–Crippen LogP) is 1.24. The third-order valence-corrected chi connectivity index (χ3v) is 2.48. The first-order chi connectivity index (χ1) is 8.22. The van der Waals surface area contributed by atoms with Gasteiger partial charge in [0.1, 0.15) is 18.7 Å². The molecule has 1 heterocycles. The van der Waals surface area contributed by atoms with E-state index in [0.717, 1.165) is 16.7 Å². The third kappa shape index (κ3) is 2.33. The standard InChI is InChI=1S/C12H13N3O2/c1-15(7-11(16)17-2)12-9-5-3-4-6-10(9)13-8-14-12/h3-6,8H,7H2,1-2H3. The van der Waals surface area contributed by atoms with E-state index < -0.39 is 0 Å². The molecule has 0 radical (unpaired) electrons. The van der Waals surface area contributed by atoms with Crippen molar-refractivity contribution in [1.29, 1.82) is 0 Å². The molecule has 5 nitrogen and oxygen atoms in total. The fourth-order valence-electron chi connectivity index (χ4n) is 1.63. The van der Waals surface area contributed by atoms with Gasteiger partial charge in [-0.05, 0) is 12.1 Å². The van der Waals surface area contributed by atoms with Crippen molar-refractivity contribution in [2.75, 3.05) is 25.6 Å². The Morgan fingerprint density at radius 1 is 1.35 bits per heavy atom. The molecule has 0 aliphatic carbocycles. The second-order valence-corrected chi connectivity index (χ2v) is 3.65.